The molecule has 0 fully saturated rings. The predicted molar refractivity (Wildman–Crippen MR) is 75.1 cm³/mol. The maximum absolute atomic E-state index is 12.8. The van der Waals surface area contributed by atoms with Crippen molar-refractivity contribution in [1.29, 1.82) is 0 Å². The van der Waals surface area contributed by atoms with Crippen LogP contribution in [-0.2, 0) is 0 Å². The van der Waals surface area contributed by atoms with Crippen LogP contribution in [0.1, 0.15) is 0 Å². The van der Waals surface area contributed by atoms with Gasteiger partial charge in [-0.15, -0.1) is 11.8 Å². The van der Waals surface area contributed by atoms with Gasteiger partial charge in [-0.05, 0) is 36.4 Å². The molecule has 2 aromatic carbocycles. The van der Waals surface area contributed by atoms with Crippen LogP contribution in [0.15, 0.2) is 59.5 Å². The van der Waals surface area contributed by atoms with Gasteiger partial charge in [0.25, 0.3) is 0 Å². The van der Waals surface area contributed by atoms with Crippen molar-refractivity contribution in [3.8, 4) is 5.75 Å². The lowest BCUT2D eigenvalue weighted by Crippen LogP contribution is -2.18. The molecule has 0 saturated carbocycles. The Morgan fingerprint density at radius 2 is 1.74 bits per heavy atom. The molecule has 100 valence electrons. The minimum absolute atomic E-state index is 0.00881. The van der Waals surface area contributed by atoms with E-state index in [4.69, 9.17) is 4.74 Å². The van der Waals surface area contributed by atoms with E-state index < -0.39 is 0 Å². The van der Waals surface area contributed by atoms with Crippen molar-refractivity contribution in [3.63, 3.8) is 0 Å². The van der Waals surface area contributed by atoms with Crippen molar-refractivity contribution in [3.05, 3.63) is 60.4 Å². The molecule has 0 heterocycles. The minimum Gasteiger partial charge on any atom is -0.492 e. The molecule has 2 rings (SSSR count). The van der Waals surface area contributed by atoms with E-state index in [1.54, 1.807) is 12.1 Å². The lowest BCUT2D eigenvalue weighted by atomic mass is 10.3. The van der Waals surface area contributed by atoms with Crippen molar-refractivity contribution >= 4 is 11.8 Å². The first kappa shape index (κ1) is 13.9. The molecule has 0 aliphatic rings. The van der Waals surface area contributed by atoms with Gasteiger partial charge in [0.1, 0.15) is 18.2 Å². The summed E-state index contributed by atoms with van der Waals surface area (Å²) in [5.74, 6) is 0.520. The van der Waals surface area contributed by atoms with Gasteiger partial charge in [-0.1, -0.05) is 18.2 Å². The molecule has 0 aliphatic carbocycles. The Bertz CT molecular complexity index is 487. The number of para-hydroxylation sites is 1. The smallest absolute Gasteiger partial charge is 0.123 e. The number of hydrogen-bond donors (Lipinski definition) is 1. The van der Waals surface area contributed by atoms with Gasteiger partial charge < -0.3 is 9.84 Å². The van der Waals surface area contributed by atoms with Gasteiger partial charge in [-0.2, -0.15) is 0 Å². The summed E-state index contributed by atoms with van der Waals surface area (Å²) in [5.41, 5.74) is 0. The summed E-state index contributed by atoms with van der Waals surface area (Å²) in [5, 5.41) is 9.27. The molecule has 0 spiro atoms. The van der Waals surface area contributed by atoms with Gasteiger partial charge >= 0.3 is 0 Å². The lowest BCUT2D eigenvalue weighted by Gasteiger charge is -2.15. The van der Waals surface area contributed by atoms with Gasteiger partial charge in [-0.3, -0.25) is 0 Å². The molecular formula is C15H15FO2S. The number of ether oxygens (including phenoxy) is 1. The van der Waals surface area contributed by atoms with E-state index in [9.17, 15) is 9.50 Å². The molecule has 0 radical (unpaired) electrons. The topological polar surface area (TPSA) is 29.5 Å². The number of rotatable bonds is 6. The van der Waals surface area contributed by atoms with Crippen molar-refractivity contribution in [2.75, 3.05) is 13.2 Å². The van der Waals surface area contributed by atoms with Crippen molar-refractivity contribution in [2.45, 2.75) is 10.1 Å². The second kappa shape index (κ2) is 7.16. The Morgan fingerprint density at radius 3 is 2.37 bits per heavy atom. The normalized spacial score (nSPS) is 12.1. The molecule has 2 aromatic rings. The average molecular weight is 278 g/mol. The van der Waals surface area contributed by atoms with Crippen molar-refractivity contribution in [2.24, 2.45) is 0 Å². The summed E-state index contributed by atoms with van der Waals surface area (Å²) in [4.78, 5) is 0.914. The first-order chi connectivity index (χ1) is 9.28. The second-order valence-corrected chi connectivity index (χ2v) is 5.37. The van der Waals surface area contributed by atoms with E-state index in [-0.39, 0.29) is 17.7 Å². The monoisotopic (exact) mass is 278 g/mol. The minimum atomic E-state index is -0.259. The molecular weight excluding hydrogens is 263 g/mol. The van der Waals surface area contributed by atoms with Gasteiger partial charge in [0.2, 0.25) is 0 Å². The summed E-state index contributed by atoms with van der Waals surface area (Å²) in [7, 11) is 0. The molecule has 1 unspecified atom stereocenters. The standard InChI is InChI=1S/C15H15FO2S/c16-12-6-8-14(9-7-12)19-15(10-17)11-18-13-4-2-1-3-5-13/h1-9,15,17H,10-11H2. The van der Waals surface area contributed by atoms with Crippen LogP contribution in [-0.4, -0.2) is 23.6 Å². The van der Waals surface area contributed by atoms with E-state index in [0.717, 1.165) is 10.6 Å². The van der Waals surface area contributed by atoms with E-state index in [2.05, 4.69) is 0 Å². The Kier molecular flexibility index (Phi) is 5.24. The van der Waals surface area contributed by atoms with Crippen LogP contribution in [0.4, 0.5) is 4.39 Å². The van der Waals surface area contributed by atoms with Gasteiger partial charge in [0.15, 0.2) is 0 Å². The summed E-state index contributed by atoms with van der Waals surface area (Å²) in [6.45, 7) is 0.414. The van der Waals surface area contributed by atoms with Gasteiger partial charge in [-0.25, -0.2) is 4.39 Å². The molecule has 0 amide bonds. The zero-order valence-electron chi connectivity index (χ0n) is 10.3. The van der Waals surface area contributed by atoms with Crippen molar-refractivity contribution < 1.29 is 14.2 Å². The fraction of sp³-hybridized carbons (Fsp3) is 0.200. The number of aliphatic hydroxyl groups excluding tert-OH is 1. The SMILES string of the molecule is OCC(COc1ccccc1)Sc1ccc(F)cc1. The zero-order valence-corrected chi connectivity index (χ0v) is 11.1. The third kappa shape index (κ3) is 4.58. The number of benzene rings is 2. The molecule has 2 nitrogen and oxygen atoms in total. The van der Waals surface area contributed by atoms with E-state index in [1.807, 2.05) is 30.3 Å². The number of halogens is 1. The quantitative estimate of drug-likeness (QED) is 0.822. The second-order valence-electron chi connectivity index (χ2n) is 4.00. The molecule has 0 saturated heterocycles. The molecule has 1 atom stereocenters. The molecule has 0 aliphatic heterocycles. The van der Waals surface area contributed by atoms with Crippen LogP contribution in [0.25, 0.3) is 0 Å². The van der Waals surface area contributed by atoms with Crippen LogP contribution >= 0.6 is 11.8 Å². The Labute approximate surface area is 116 Å². The first-order valence-corrected chi connectivity index (χ1v) is 6.87. The summed E-state index contributed by atoms with van der Waals surface area (Å²) in [6.07, 6.45) is 0. The Hall–Kier alpha value is -1.52. The van der Waals surface area contributed by atoms with Gasteiger partial charge in [0, 0.05) is 4.90 Å². The zero-order chi connectivity index (χ0) is 13.5. The highest BCUT2D eigenvalue weighted by atomic mass is 32.2. The van der Waals surface area contributed by atoms with Crippen LogP contribution < -0.4 is 4.74 Å². The highest BCUT2D eigenvalue weighted by Gasteiger charge is 2.10. The third-order valence-electron chi connectivity index (χ3n) is 2.50. The molecule has 0 bridgehead atoms. The van der Waals surface area contributed by atoms with Crippen LogP contribution in [0.3, 0.4) is 0 Å². The van der Waals surface area contributed by atoms with Crippen LogP contribution in [0, 0.1) is 5.82 Å². The highest BCUT2D eigenvalue weighted by molar-refractivity contribution is 8.00. The Morgan fingerprint density at radius 1 is 1.05 bits per heavy atom. The van der Waals surface area contributed by atoms with E-state index >= 15 is 0 Å². The fourth-order valence-corrected chi connectivity index (χ4v) is 2.42. The average Bonchev–Trinajstić information content (AvgIpc) is 2.46. The summed E-state index contributed by atoms with van der Waals surface area (Å²) in [6, 6.07) is 15.7. The van der Waals surface area contributed by atoms with Crippen molar-refractivity contribution in [1.82, 2.24) is 0 Å². The maximum Gasteiger partial charge on any atom is 0.123 e. The highest BCUT2D eigenvalue weighted by Crippen LogP contribution is 2.24. The number of hydrogen-bond acceptors (Lipinski definition) is 3. The van der Waals surface area contributed by atoms with Crippen LogP contribution in [0.2, 0.25) is 0 Å². The molecule has 0 aromatic heterocycles. The molecule has 1 N–H and O–H groups in total. The molecule has 19 heavy (non-hydrogen) atoms. The predicted octanol–water partition coefficient (Wildman–Crippen LogP) is 3.36. The van der Waals surface area contributed by atoms with Crippen LogP contribution in [0.5, 0.6) is 5.75 Å². The fourth-order valence-electron chi connectivity index (χ4n) is 1.54. The maximum atomic E-state index is 12.8. The first-order valence-electron chi connectivity index (χ1n) is 5.99. The third-order valence-corrected chi connectivity index (χ3v) is 3.66. The lowest BCUT2D eigenvalue weighted by molar-refractivity contribution is 0.241. The molecule has 4 heteroatoms. The van der Waals surface area contributed by atoms with E-state index in [0.29, 0.717) is 6.61 Å². The Balaban J connectivity index is 1.88. The summed E-state index contributed by atoms with van der Waals surface area (Å²) < 4.78 is 18.4. The number of thioether (sulfide) groups is 1. The van der Waals surface area contributed by atoms with Gasteiger partial charge in [0.05, 0.1) is 11.9 Å². The summed E-state index contributed by atoms with van der Waals surface area (Å²) >= 11 is 1.47. The number of aliphatic hydroxyl groups is 1. The largest absolute Gasteiger partial charge is 0.492 e. The van der Waals surface area contributed by atoms with E-state index in [1.165, 1.54) is 23.9 Å².